The summed E-state index contributed by atoms with van der Waals surface area (Å²) in [6.45, 7) is 7.33. The second kappa shape index (κ2) is 8.61. The van der Waals surface area contributed by atoms with Crippen molar-refractivity contribution in [1.82, 2.24) is 0 Å². The Kier molecular flexibility index (Phi) is 6.83. The first kappa shape index (κ1) is 20.6. The van der Waals surface area contributed by atoms with Crippen molar-refractivity contribution in [3.8, 4) is 23.0 Å². The van der Waals surface area contributed by atoms with Crippen molar-refractivity contribution in [2.75, 3.05) is 11.5 Å². The highest BCUT2D eigenvalue weighted by Crippen LogP contribution is 2.38. The number of phenols is 4. The van der Waals surface area contributed by atoms with E-state index in [0.717, 1.165) is 17.5 Å². The summed E-state index contributed by atoms with van der Waals surface area (Å²) in [5, 5.41) is 36.9. The Balaban J connectivity index is 0.000000289. The Morgan fingerprint density at radius 2 is 0.962 bits per heavy atom. The van der Waals surface area contributed by atoms with Gasteiger partial charge in [-0.25, -0.2) is 0 Å². The molecule has 8 N–H and O–H groups in total. The summed E-state index contributed by atoms with van der Waals surface area (Å²) in [6.07, 6.45) is 0. The van der Waals surface area contributed by atoms with Gasteiger partial charge in [-0.15, -0.1) is 0 Å². The summed E-state index contributed by atoms with van der Waals surface area (Å²) < 4.78 is 0. The van der Waals surface area contributed by atoms with E-state index < -0.39 is 0 Å². The van der Waals surface area contributed by atoms with E-state index in [1.807, 2.05) is 27.7 Å². The summed E-state index contributed by atoms with van der Waals surface area (Å²) in [4.78, 5) is 8.31. The topological polar surface area (TPSA) is 158 Å². The molecule has 0 saturated carbocycles. The fourth-order valence-electron chi connectivity index (χ4n) is 1.83. The number of hydrogen-bond donors (Lipinski definition) is 6. The molecule has 2 aromatic carbocycles. The van der Waals surface area contributed by atoms with Crippen LogP contribution in [0.15, 0.2) is 34.3 Å². The minimum Gasteiger partial charge on any atom is -0.506 e. The molecule has 0 atom stereocenters. The molecule has 0 bridgehead atoms. The Morgan fingerprint density at radius 3 is 1.27 bits per heavy atom. The van der Waals surface area contributed by atoms with Crippen molar-refractivity contribution in [1.29, 1.82) is 0 Å². The number of hydrogen-bond acceptors (Lipinski definition) is 8. The largest absolute Gasteiger partial charge is 0.506 e. The molecule has 26 heavy (non-hydrogen) atoms. The van der Waals surface area contributed by atoms with Gasteiger partial charge in [0, 0.05) is 23.6 Å². The molecule has 8 heteroatoms. The molecular weight excluding hydrogens is 336 g/mol. The van der Waals surface area contributed by atoms with Crippen molar-refractivity contribution in [2.24, 2.45) is 9.98 Å². The maximum absolute atomic E-state index is 9.58. The van der Waals surface area contributed by atoms with Gasteiger partial charge in [0.1, 0.15) is 34.4 Å². The van der Waals surface area contributed by atoms with Crippen LogP contribution in [0, 0.1) is 0 Å². The number of nitrogens with two attached hydrogens (primary N) is 2. The van der Waals surface area contributed by atoms with Crippen LogP contribution in [0.1, 0.15) is 27.7 Å². The summed E-state index contributed by atoms with van der Waals surface area (Å²) >= 11 is 0. The average Bonchev–Trinajstić information content (AvgIpc) is 2.50. The minimum atomic E-state index is -0.160. The minimum absolute atomic E-state index is 0.0496. The quantitative estimate of drug-likeness (QED) is 0.208. The first-order valence-electron chi connectivity index (χ1n) is 7.68. The predicted molar refractivity (Wildman–Crippen MR) is 105 cm³/mol. The van der Waals surface area contributed by atoms with Crippen molar-refractivity contribution >= 4 is 34.2 Å². The summed E-state index contributed by atoms with van der Waals surface area (Å²) in [5.41, 5.74) is 13.3. The lowest BCUT2D eigenvalue weighted by Crippen LogP contribution is -1.90. The van der Waals surface area contributed by atoms with Crippen molar-refractivity contribution < 1.29 is 20.4 Å². The van der Waals surface area contributed by atoms with Crippen LogP contribution in [-0.2, 0) is 0 Å². The third-order valence-corrected chi connectivity index (χ3v) is 2.94. The van der Waals surface area contributed by atoms with Gasteiger partial charge in [-0.2, -0.15) is 0 Å². The van der Waals surface area contributed by atoms with Crippen LogP contribution in [0.3, 0.4) is 0 Å². The highest BCUT2D eigenvalue weighted by Gasteiger charge is 2.07. The van der Waals surface area contributed by atoms with Crippen molar-refractivity contribution in [2.45, 2.75) is 27.7 Å². The zero-order valence-electron chi connectivity index (χ0n) is 15.1. The van der Waals surface area contributed by atoms with Crippen LogP contribution >= 0.6 is 0 Å². The van der Waals surface area contributed by atoms with Crippen LogP contribution in [0.4, 0.5) is 22.7 Å². The van der Waals surface area contributed by atoms with Crippen LogP contribution < -0.4 is 11.5 Å². The van der Waals surface area contributed by atoms with Gasteiger partial charge < -0.3 is 31.9 Å². The molecule has 2 rings (SSSR count). The summed E-state index contributed by atoms with van der Waals surface area (Å²) in [7, 11) is 0. The molecule has 0 spiro atoms. The second-order valence-corrected chi connectivity index (χ2v) is 5.92. The molecule has 0 amide bonds. The number of aromatic hydroxyl groups is 4. The fourth-order valence-corrected chi connectivity index (χ4v) is 1.83. The van der Waals surface area contributed by atoms with E-state index in [2.05, 4.69) is 9.98 Å². The van der Waals surface area contributed by atoms with E-state index in [0.29, 0.717) is 11.4 Å². The molecule has 0 aliphatic rings. The van der Waals surface area contributed by atoms with Gasteiger partial charge in [0.2, 0.25) is 0 Å². The predicted octanol–water partition coefficient (Wildman–Crippen LogP) is 3.58. The maximum atomic E-state index is 9.58. The number of benzene rings is 2. The molecule has 0 heterocycles. The molecule has 0 radical (unpaired) electrons. The molecule has 0 aliphatic heterocycles. The van der Waals surface area contributed by atoms with E-state index in [9.17, 15) is 10.2 Å². The third-order valence-electron chi connectivity index (χ3n) is 2.94. The van der Waals surface area contributed by atoms with Crippen LogP contribution in [0.5, 0.6) is 23.0 Å². The second-order valence-electron chi connectivity index (χ2n) is 5.92. The van der Waals surface area contributed by atoms with Gasteiger partial charge in [0.25, 0.3) is 0 Å². The number of nitrogen functional groups attached to an aromatic ring is 2. The van der Waals surface area contributed by atoms with Crippen molar-refractivity contribution in [3.63, 3.8) is 0 Å². The molecule has 0 aromatic heterocycles. The number of nitrogens with zero attached hydrogens (tertiary/aromatic N) is 2. The molecular formula is C18H24N4O4. The SMILES string of the molecule is CC(C)=Nc1cc(N=C(C)C)c(O)cc1O.Nc1cc(N)c(O)cc1O. The standard InChI is InChI=1S/C12H16N2O2.C6H8N2O2/c1-7(2)13-9-5-10(14-8(3)4)12(16)6-11(9)15;7-3-1-4(8)6(10)2-5(3)9/h5-6,15-16H,1-4H3;1-2,9-10H,7-8H2. The summed E-state index contributed by atoms with van der Waals surface area (Å²) in [6, 6.07) is 5.21. The lowest BCUT2D eigenvalue weighted by Gasteiger charge is -2.04. The smallest absolute Gasteiger partial charge is 0.145 e. The maximum Gasteiger partial charge on any atom is 0.145 e. The number of aliphatic imine (C=N–C) groups is 2. The molecule has 0 saturated heterocycles. The van der Waals surface area contributed by atoms with Crippen LogP contribution in [0.2, 0.25) is 0 Å². The highest BCUT2D eigenvalue weighted by molar-refractivity contribution is 5.86. The van der Waals surface area contributed by atoms with E-state index >= 15 is 0 Å². The Bertz CT molecular complexity index is 763. The lowest BCUT2D eigenvalue weighted by molar-refractivity contribution is 0.452. The van der Waals surface area contributed by atoms with Crippen molar-refractivity contribution in [3.05, 3.63) is 24.3 Å². The zero-order chi connectivity index (χ0) is 20.0. The molecule has 140 valence electrons. The van der Waals surface area contributed by atoms with E-state index in [4.69, 9.17) is 21.7 Å². The van der Waals surface area contributed by atoms with E-state index in [1.165, 1.54) is 12.1 Å². The Morgan fingerprint density at radius 1 is 0.615 bits per heavy atom. The molecule has 0 unspecified atom stereocenters. The van der Waals surface area contributed by atoms with Gasteiger partial charge in [-0.05, 0) is 39.8 Å². The third kappa shape index (κ3) is 5.90. The number of phenolic OH excluding ortho intramolecular Hbond substituents is 4. The number of rotatable bonds is 2. The first-order chi connectivity index (χ1) is 12.0. The fraction of sp³-hybridized carbons (Fsp3) is 0.222. The van der Waals surface area contributed by atoms with Crippen LogP contribution in [-0.4, -0.2) is 31.8 Å². The first-order valence-corrected chi connectivity index (χ1v) is 7.68. The van der Waals surface area contributed by atoms with Crippen LogP contribution in [0.25, 0.3) is 0 Å². The highest BCUT2D eigenvalue weighted by atomic mass is 16.3. The molecule has 8 nitrogen and oxygen atoms in total. The van der Waals surface area contributed by atoms with Gasteiger partial charge >= 0.3 is 0 Å². The monoisotopic (exact) mass is 360 g/mol. The average molecular weight is 360 g/mol. The number of anilines is 2. The van der Waals surface area contributed by atoms with Gasteiger partial charge in [0.05, 0.1) is 11.4 Å². The summed E-state index contributed by atoms with van der Waals surface area (Å²) in [5.74, 6) is -0.420. The van der Waals surface area contributed by atoms with Gasteiger partial charge in [-0.3, -0.25) is 9.98 Å². The molecule has 2 aromatic rings. The van der Waals surface area contributed by atoms with Gasteiger partial charge in [-0.1, -0.05) is 0 Å². The van der Waals surface area contributed by atoms with E-state index in [-0.39, 0.29) is 34.4 Å². The Labute approximate surface area is 151 Å². The van der Waals surface area contributed by atoms with Gasteiger partial charge in [0.15, 0.2) is 0 Å². The molecule has 0 aliphatic carbocycles. The van der Waals surface area contributed by atoms with E-state index in [1.54, 1.807) is 6.07 Å². The lowest BCUT2D eigenvalue weighted by atomic mass is 10.2. The normalized spacial score (nSPS) is 9.69. The zero-order valence-corrected chi connectivity index (χ0v) is 15.1. The molecule has 0 fully saturated rings. The Hall–Kier alpha value is -3.42.